The fraction of sp³-hybridized carbons (Fsp3) is 0.529. The van der Waals surface area contributed by atoms with Crippen LogP contribution in [0.15, 0.2) is 16.4 Å². The summed E-state index contributed by atoms with van der Waals surface area (Å²) in [5.41, 5.74) is 3.39. The molecule has 0 bridgehead atoms. The van der Waals surface area contributed by atoms with Crippen LogP contribution < -0.4 is 11.1 Å². The minimum atomic E-state index is -2.17. The van der Waals surface area contributed by atoms with Gasteiger partial charge in [0.25, 0.3) is 11.6 Å². The molecule has 1 aromatic rings. The van der Waals surface area contributed by atoms with Crippen LogP contribution >= 0.6 is 47.0 Å². The lowest BCUT2D eigenvalue weighted by Crippen LogP contribution is -2.81. The lowest BCUT2D eigenvalue weighted by molar-refractivity contribution is -0.192. The average molecular weight is 594 g/mol. The largest absolute Gasteiger partial charge is 0.481 e. The van der Waals surface area contributed by atoms with Crippen molar-refractivity contribution in [2.75, 3.05) is 18.6 Å². The van der Waals surface area contributed by atoms with Gasteiger partial charge in [-0.2, -0.15) is 0 Å². The van der Waals surface area contributed by atoms with Crippen LogP contribution in [-0.2, 0) is 35.8 Å². The van der Waals surface area contributed by atoms with Crippen molar-refractivity contribution >= 4 is 76.7 Å². The number of carbonyl (C=O) groups is 5. The maximum atomic E-state index is 13.2. The predicted octanol–water partition coefficient (Wildman–Crippen LogP) is -2.35. The van der Waals surface area contributed by atoms with Gasteiger partial charge in [-0.3, -0.25) is 24.1 Å². The van der Waals surface area contributed by atoms with Crippen LogP contribution in [0, 0.1) is 5.92 Å². The van der Waals surface area contributed by atoms with E-state index >= 15 is 0 Å². The molecule has 1 aromatic heterocycles. The molecule has 16 nitrogen and oxygen atoms in total. The number of carboxylic acids is 2. The molecule has 37 heavy (non-hydrogen) atoms. The van der Waals surface area contributed by atoms with Crippen molar-refractivity contribution in [3.63, 3.8) is 0 Å². The molecular formula is C17H19N7O9S4. The molecule has 2 fully saturated rings. The number of β-lactam (4-membered cyclic amide) rings is 1. The molecule has 6 N–H and O–H groups in total. The highest BCUT2D eigenvalue weighted by atomic mass is 32.3. The van der Waals surface area contributed by atoms with Gasteiger partial charge in [-0.25, -0.2) is 9.48 Å². The third-order valence-corrected chi connectivity index (χ3v) is 11.2. The Morgan fingerprint density at radius 2 is 2.00 bits per heavy atom. The van der Waals surface area contributed by atoms with Crippen LogP contribution in [0.2, 0.25) is 0 Å². The average Bonchev–Trinajstić information content (AvgIpc) is 3.22. The number of nitrogens with one attached hydrogen (secondary N) is 1. The molecule has 20 heteroatoms. The summed E-state index contributed by atoms with van der Waals surface area (Å²) in [5.74, 6) is -7.42. The summed E-state index contributed by atoms with van der Waals surface area (Å²) < 4.78 is 3.54. The quantitative estimate of drug-likeness (QED) is 0.0825. The molecule has 200 valence electrons. The lowest BCUT2D eigenvalue weighted by Gasteiger charge is -2.56. The monoisotopic (exact) mass is 593 g/mol. The number of aryl methyl sites for hydroxylation is 1. The Hall–Kier alpha value is -2.52. The topological polar surface area (TPSA) is 240 Å². The standard InChI is InChI=1S/C17H19N7O9S4/c1-23-15(20-21-22-23)35-4-5-3-34-14-16(33-2,13(31)24(14)7(5)11(29)30)19-9(26)12-36-17(32,37-12)6(8(18)25)10(27)28/h6,12,14,32H,3-4H2,1-2H3,(H2,18,25)(H,19,26)(H,27,28)(H,29,30)/t6?,12?,14-,16+,17?/m1/s1. The fourth-order valence-corrected chi connectivity index (χ4v) is 9.07. The number of nitrogens with two attached hydrogens (primary N) is 1. The fourth-order valence-electron chi connectivity index (χ4n) is 3.81. The first-order valence-corrected chi connectivity index (χ1v) is 13.9. The number of aromatic nitrogens is 4. The number of nitrogens with zero attached hydrogens (tertiary/aromatic N) is 5. The third-order valence-electron chi connectivity index (χ3n) is 5.56. The molecule has 1 unspecified atom stereocenters. The minimum absolute atomic E-state index is 0.199. The van der Waals surface area contributed by atoms with Gasteiger partial charge in [0, 0.05) is 25.7 Å². The number of tetrazole rings is 1. The van der Waals surface area contributed by atoms with Crippen LogP contribution in [0.3, 0.4) is 0 Å². The van der Waals surface area contributed by atoms with Gasteiger partial charge in [0.2, 0.25) is 17.0 Å². The third kappa shape index (κ3) is 4.54. The van der Waals surface area contributed by atoms with Gasteiger partial charge in [-0.05, 0) is 16.0 Å². The summed E-state index contributed by atoms with van der Waals surface area (Å²) in [6, 6.07) is 0. The van der Waals surface area contributed by atoms with E-state index in [1.165, 1.54) is 35.3 Å². The Morgan fingerprint density at radius 1 is 1.32 bits per heavy atom. The van der Waals surface area contributed by atoms with Gasteiger partial charge >= 0.3 is 11.9 Å². The van der Waals surface area contributed by atoms with E-state index in [9.17, 15) is 39.3 Å². The van der Waals surface area contributed by atoms with Gasteiger partial charge in [0.1, 0.15) is 15.7 Å². The molecule has 0 spiro atoms. The smallest absolute Gasteiger partial charge is 0.352 e. The Labute approximate surface area is 224 Å². The second-order valence-corrected chi connectivity index (χ2v) is 13.0. The number of hydrogen-bond donors (Lipinski definition) is 5. The molecular weight excluding hydrogens is 574 g/mol. The van der Waals surface area contributed by atoms with Crippen molar-refractivity contribution in [3.05, 3.63) is 11.3 Å². The molecule has 3 atom stereocenters. The second-order valence-electron chi connectivity index (χ2n) is 7.77. The summed E-state index contributed by atoms with van der Waals surface area (Å²) in [6.45, 7) is 0. The van der Waals surface area contributed by atoms with Crippen LogP contribution in [-0.4, -0.2) is 109 Å². The van der Waals surface area contributed by atoms with E-state index in [1.807, 2.05) is 0 Å². The number of carboxylic acid groups (broad SMARTS) is 2. The first-order chi connectivity index (χ1) is 17.4. The van der Waals surface area contributed by atoms with Gasteiger partial charge < -0.3 is 31.1 Å². The number of aliphatic hydroxyl groups is 1. The van der Waals surface area contributed by atoms with E-state index < -0.39 is 55.5 Å². The zero-order chi connectivity index (χ0) is 27.3. The van der Waals surface area contributed by atoms with Gasteiger partial charge in [-0.1, -0.05) is 35.3 Å². The molecule has 0 aliphatic carbocycles. The molecule has 0 saturated carbocycles. The van der Waals surface area contributed by atoms with Crippen LogP contribution in [0.1, 0.15) is 0 Å². The van der Waals surface area contributed by atoms with Crippen molar-refractivity contribution in [2.24, 2.45) is 18.7 Å². The number of methoxy groups -OCH3 is 1. The number of thioether (sulfide) groups is 4. The Balaban J connectivity index is 1.48. The highest BCUT2D eigenvalue weighted by Crippen LogP contribution is 2.59. The molecule has 3 aliphatic heterocycles. The van der Waals surface area contributed by atoms with E-state index in [2.05, 4.69) is 20.8 Å². The van der Waals surface area contributed by atoms with Crippen molar-refractivity contribution in [1.29, 1.82) is 0 Å². The van der Waals surface area contributed by atoms with E-state index in [-0.39, 0.29) is 17.2 Å². The normalized spacial score (nSPS) is 29.6. The highest BCUT2D eigenvalue weighted by molar-refractivity contribution is 8.35. The maximum absolute atomic E-state index is 13.2. The highest BCUT2D eigenvalue weighted by Gasteiger charge is 2.68. The Bertz CT molecular complexity index is 1210. The molecule has 3 aliphatic rings. The lowest BCUT2D eigenvalue weighted by atomic mass is 9.98. The number of hydrogen-bond acceptors (Lipinski definition) is 14. The van der Waals surface area contributed by atoms with Gasteiger partial charge in [0.05, 0.1) is 0 Å². The molecule has 0 aromatic carbocycles. The Kier molecular flexibility index (Phi) is 7.42. The number of carbonyl (C=O) groups excluding carboxylic acids is 3. The molecule has 0 radical (unpaired) electrons. The zero-order valence-corrected chi connectivity index (χ0v) is 22.1. The predicted molar refractivity (Wildman–Crippen MR) is 129 cm³/mol. The molecule has 4 heterocycles. The number of fused-ring (bicyclic) bond motifs is 1. The van der Waals surface area contributed by atoms with Crippen molar-refractivity contribution < 1.29 is 44.0 Å². The number of ether oxygens (including phenoxy) is 1. The number of primary amides is 1. The first kappa shape index (κ1) is 27.5. The van der Waals surface area contributed by atoms with E-state index in [1.54, 1.807) is 7.05 Å². The SMILES string of the molecule is CO[C@@]1(NC(=O)C2SC(O)(C(C(N)=O)C(=O)O)S2)C(=O)N2C(C(=O)O)=C(CSc3nnnn3C)CS[C@@H]21. The van der Waals surface area contributed by atoms with Gasteiger partial charge in [0.15, 0.2) is 10.2 Å². The zero-order valence-electron chi connectivity index (χ0n) is 18.9. The maximum Gasteiger partial charge on any atom is 0.352 e. The van der Waals surface area contributed by atoms with E-state index in [4.69, 9.17) is 10.5 Å². The number of rotatable bonds is 10. The summed E-state index contributed by atoms with van der Waals surface area (Å²) in [4.78, 5) is 62.0. The van der Waals surface area contributed by atoms with Crippen LogP contribution in [0.25, 0.3) is 0 Å². The summed E-state index contributed by atoms with van der Waals surface area (Å²) in [7, 11) is 2.81. The van der Waals surface area contributed by atoms with Crippen molar-refractivity contribution in [2.45, 2.75) is 25.1 Å². The van der Waals surface area contributed by atoms with Crippen molar-refractivity contribution in [1.82, 2.24) is 30.4 Å². The summed E-state index contributed by atoms with van der Waals surface area (Å²) in [6.07, 6.45) is 0. The first-order valence-electron chi connectivity index (χ1n) is 10.1. The number of amides is 3. The summed E-state index contributed by atoms with van der Waals surface area (Å²) >= 11 is 3.36. The molecule has 3 amide bonds. The van der Waals surface area contributed by atoms with E-state index in [0.29, 0.717) is 34.3 Å². The summed E-state index contributed by atoms with van der Waals surface area (Å²) in [5, 5.41) is 42.5. The molecule has 4 rings (SSSR count). The van der Waals surface area contributed by atoms with Crippen LogP contribution in [0.5, 0.6) is 0 Å². The van der Waals surface area contributed by atoms with Crippen molar-refractivity contribution in [3.8, 4) is 0 Å². The second kappa shape index (κ2) is 9.98. The van der Waals surface area contributed by atoms with Gasteiger partial charge in [-0.15, -0.1) is 16.9 Å². The number of aliphatic carboxylic acids is 2. The minimum Gasteiger partial charge on any atom is -0.481 e. The van der Waals surface area contributed by atoms with E-state index in [0.717, 1.165) is 4.90 Å². The Morgan fingerprint density at radius 3 is 2.51 bits per heavy atom. The van der Waals surface area contributed by atoms with Crippen LogP contribution in [0.4, 0.5) is 0 Å². The molecule has 2 saturated heterocycles.